The van der Waals surface area contributed by atoms with E-state index in [-0.39, 0.29) is 6.04 Å². The molecular formula is C15H22N4O. The van der Waals surface area contributed by atoms with Gasteiger partial charge < -0.3 is 14.6 Å². The van der Waals surface area contributed by atoms with Crippen LogP contribution in [0.3, 0.4) is 0 Å². The van der Waals surface area contributed by atoms with Crippen LogP contribution in [0.2, 0.25) is 0 Å². The smallest absolute Gasteiger partial charge is 0.203 e. The van der Waals surface area contributed by atoms with Crippen LogP contribution in [0.15, 0.2) is 24.7 Å². The molecule has 0 aromatic carbocycles. The topological polar surface area (TPSA) is 52.0 Å². The first-order valence-corrected chi connectivity index (χ1v) is 6.79. The van der Waals surface area contributed by atoms with Crippen LogP contribution >= 0.6 is 0 Å². The van der Waals surface area contributed by atoms with Gasteiger partial charge in [0.15, 0.2) is 0 Å². The molecule has 0 spiro atoms. The average molecular weight is 274 g/mol. The fourth-order valence-corrected chi connectivity index (χ4v) is 2.16. The van der Waals surface area contributed by atoms with Crippen molar-refractivity contribution in [2.75, 3.05) is 19.0 Å². The molecule has 0 radical (unpaired) electrons. The van der Waals surface area contributed by atoms with E-state index in [4.69, 9.17) is 4.74 Å². The quantitative estimate of drug-likeness (QED) is 0.880. The Bertz CT molecular complexity index is 565. The van der Waals surface area contributed by atoms with Crippen LogP contribution in [-0.2, 0) is 11.3 Å². The lowest BCUT2D eigenvalue weighted by Crippen LogP contribution is -2.14. The number of aryl methyl sites for hydroxylation is 2. The van der Waals surface area contributed by atoms with Gasteiger partial charge in [-0.3, -0.25) is 4.98 Å². The van der Waals surface area contributed by atoms with Crippen molar-refractivity contribution in [3.8, 4) is 0 Å². The highest BCUT2D eigenvalue weighted by atomic mass is 16.5. The molecule has 2 heterocycles. The molecule has 5 heteroatoms. The Morgan fingerprint density at radius 2 is 2.20 bits per heavy atom. The van der Waals surface area contributed by atoms with E-state index in [0.717, 1.165) is 18.2 Å². The average Bonchev–Trinajstić information content (AvgIpc) is 2.79. The second-order valence-electron chi connectivity index (χ2n) is 5.07. The van der Waals surface area contributed by atoms with Gasteiger partial charge in [0.1, 0.15) is 0 Å². The summed E-state index contributed by atoms with van der Waals surface area (Å²) in [6, 6.07) is 2.26. The van der Waals surface area contributed by atoms with E-state index < -0.39 is 0 Å². The predicted octanol–water partition coefficient (Wildman–Crippen LogP) is 2.71. The van der Waals surface area contributed by atoms with Crippen LogP contribution in [0.5, 0.6) is 0 Å². The van der Waals surface area contributed by atoms with Gasteiger partial charge >= 0.3 is 0 Å². The lowest BCUT2D eigenvalue weighted by molar-refractivity contribution is 0.163. The number of rotatable bonds is 6. The Labute approximate surface area is 120 Å². The summed E-state index contributed by atoms with van der Waals surface area (Å²) in [4.78, 5) is 8.70. The van der Waals surface area contributed by atoms with Gasteiger partial charge in [0.2, 0.25) is 5.95 Å². The highest BCUT2D eigenvalue weighted by Crippen LogP contribution is 2.17. The first kappa shape index (κ1) is 14.5. The third kappa shape index (κ3) is 3.36. The number of ether oxygens (including phenoxy) is 1. The third-order valence-corrected chi connectivity index (χ3v) is 3.32. The van der Waals surface area contributed by atoms with Crippen LogP contribution in [0.25, 0.3) is 0 Å². The molecular weight excluding hydrogens is 252 g/mol. The largest absolute Gasteiger partial charge is 0.383 e. The zero-order valence-electron chi connectivity index (χ0n) is 12.6. The first-order chi connectivity index (χ1) is 9.61. The molecule has 5 nitrogen and oxygen atoms in total. The van der Waals surface area contributed by atoms with E-state index in [1.54, 1.807) is 7.11 Å². The van der Waals surface area contributed by atoms with E-state index in [1.807, 2.05) is 31.6 Å². The summed E-state index contributed by atoms with van der Waals surface area (Å²) in [6.45, 7) is 7.58. The van der Waals surface area contributed by atoms with Crippen molar-refractivity contribution < 1.29 is 4.74 Å². The van der Waals surface area contributed by atoms with E-state index in [1.165, 1.54) is 11.1 Å². The number of hydrogen-bond donors (Lipinski definition) is 1. The summed E-state index contributed by atoms with van der Waals surface area (Å²) in [7, 11) is 1.71. The van der Waals surface area contributed by atoms with Crippen molar-refractivity contribution in [3.05, 3.63) is 41.5 Å². The number of anilines is 1. The highest BCUT2D eigenvalue weighted by Gasteiger charge is 2.11. The molecule has 1 atom stereocenters. The van der Waals surface area contributed by atoms with Crippen molar-refractivity contribution in [1.29, 1.82) is 0 Å². The highest BCUT2D eigenvalue weighted by molar-refractivity contribution is 5.33. The maximum Gasteiger partial charge on any atom is 0.203 e. The molecule has 0 saturated heterocycles. The molecule has 0 bridgehead atoms. The molecule has 0 aliphatic carbocycles. The molecule has 1 N–H and O–H groups in total. The number of methoxy groups -OCH3 is 1. The van der Waals surface area contributed by atoms with Gasteiger partial charge in [-0.1, -0.05) is 0 Å². The van der Waals surface area contributed by atoms with Crippen LogP contribution in [-0.4, -0.2) is 28.3 Å². The standard InChI is InChI=1S/C15H22N4O/c1-11-5-6-16-7-14(11)8-17-15-18-12(2)9-19(15)13(3)10-20-4/h5-7,9,13H,8,10H2,1-4H3,(H,17,18). The first-order valence-electron chi connectivity index (χ1n) is 6.79. The molecule has 2 rings (SSSR count). The number of nitrogens with zero attached hydrogens (tertiary/aromatic N) is 3. The normalized spacial score (nSPS) is 12.4. The van der Waals surface area contributed by atoms with Gasteiger partial charge in [-0.15, -0.1) is 0 Å². The van der Waals surface area contributed by atoms with Crippen molar-refractivity contribution >= 4 is 5.95 Å². The summed E-state index contributed by atoms with van der Waals surface area (Å²) in [5, 5.41) is 3.39. The molecule has 0 amide bonds. The van der Waals surface area contributed by atoms with Gasteiger partial charge in [-0.25, -0.2) is 4.98 Å². The van der Waals surface area contributed by atoms with Crippen molar-refractivity contribution in [3.63, 3.8) is 0 Å². The van der Waals surface area contributed by atoms with Crippen LogP contribution in [0.1, 0.15) is 29.8 Å². The second kappa shape index (κ2) is 6.52. The molecule has 0 aliphatic heterocycles. The van der Waals surface area contributed by atoms with E-state index in [9.17, 15) is 0 Å². The summed E-state index contributed by atoms with van der Waals surface area (Å²) in [5.74, 6) is 0.871. The van der Waals surface area contributed by atoms with Crippen LogP contribution in [0, 0.1) is 13.8 Å². The maximum absolute atomic E-state index is 5.22. The molecule has 2 aromatic rings. The van der Waals surface area contributed by atoms with Gasteiger partial charge in [0.25, 0.3) is 0 Å². The SMILES string of the molecule is COCC(C)n1cc(C)nc1NCc1cnccc1C. The van der Waals surface area contributed by atoms with Gasteiger partial charge in [-0.05, 0) is 38.0 Å². The Morgan fingerprint density at radius 1 is 1.40 bits per heavy atom. The lowest BCUT2D eigenvalue weighted by Gasteiger charge is -2.16. The number of nitrogens with one attached hydrogen (secondary N) is 1. The summed E-state index contributed by atoms with van der Waals surface area (Å²) in [5.41, 5.74) is 3.41. The Morgan fingerprint density at radius 3 is 2.90 bits per heavy atom. The molecule has 0 aliphatic rings. The number of pyridine rings is 1. The van der Waals surface area contributed by atoms with E-state index in [2.05, 4.69) is 33.7 Å². The molecule has 1 unspecified atom stereocenters. The zero-order chi connectivity index (χ0) is 14.5. The minimum absolute atomic E-state index is 0.249. The molecule has 20 heavy (non-hydrogen) atoms. The monoisotopic (exact) mass is 274 g/mol. The predicted molar refractivity (Wildman–Crippen MR) is 79.9 cm³/mol. The van der Waals surface area contributed by atoms with Crippen molar-refractivity contribution in [2.24, 2.45) is 0 Å². The summed E-state index contributed by atoms with van der Waals surface area (Å²) >= 11 is 0. The molecule has 2 aromatic heterocycles. The molecule has 0 fully saturated rings. The van der Waals surface area contributed by atoms with Crippen molar-refractivity contribution in [1.82, 2.24) is 14.5 Å². The van der Waals surface area contributed by atoms with Gasteiger partial charge in [0, 0.05) is 32.2 Å². The van der Waals surface area contributed by atoms with E-state index >= 15 is 0 Å². The van der Waals surface area contributed by atoms with Gasteiger partial charge in [0.05, 0.1) is 18.3 Å². The molecule has 0 saturated carbocycles. The minimum Gasteiger partial charge on any atom is -0.383 e. The lowest BCUT2D eigenvalue weighted by atomic mass is 10.2. The Balaban J connectivity index is 2.11. The molecule has 108 valence electrons. The Kier molecular flexibility index (Phi) is 4.74. The van der Waals surface area contributed by atoms with Crippen LogP contribution < -0.4 is 5.32 Å². The van der Waals surface area contributed by atoms with Gasteiger partial charge in [-0.2, -0.15) is 0 Å². The maximum atomic E-state index is 5.22. The minimum atomic E-state index is 0.249. The second-order valence-corrected chi connectivity index (χ2v) is 5.07. The number of aromatic nitrogens is 3. The third-order valence-electron chi connectivity index (χ3n) is 3.32. The zero-order valence-corrected chi connectivity index (χ0v) is 12.6. The van der Waals surface area contributed by atoms with Crippen molar-refractivity contribution in [2.45, 2.75) is 33.4 Å². The number of imidazole rings is 1. The summed E-state index contributed by atoms with van der Waals surface area (Å²) in [6.07, 6.45) is 5.74. The Hall–Kier alpha value is -1.88. The number of hydrogen-bond acceptors (Lipinski definition) is 4. The fraction of sp³-hybridized carbons (Fsp3) is 0.467. The summed E-state index contributed by atoms with van der Waals surface area (Å²) < 4.78 is 7.33. The fourth-order valence-electron chi connectivity index (χ4n) is 2.16. The van der Waals surface area contributed by atoms with Crippen LogP contribution in [0.4, 0.5) is 5.95 Å². The van der Waals surface area contributed by atoms with E-state index in [0.29, 0.717) is 6.61 Å².